The number of fused-ring (bicyclic) bond motifs is 1. The number of para-hydroxylation sites is 2. The molecular formula is C24H28N2O5. The molecule has 1 atom stereocenters. The predicted molar refractivity (Wildman–Crippen MR) is 118 cm³/mol. The summed E-state index contributed by atoms with van der Waals surface area (Å²) in [6.07, 6.45) is 0.154. The van der Waals surface area contributed by atoms with Crippen LogP contribution in [0.25, 0.3) is 0 Å². The number of benzene rings is 2. The number of rotatable bonds is 9. The number of carbonyl (C=O) groups is 3. The van der Waals surface area contributed by atoms with Gasteiger partial charge < -0.3 is 19.7 Å². The van der Waals surface area contributed by atoms with Gasteiger partial charge in [0.25, 0.3) is 5.91 Å². The number of hydrogen-bond donors (Lipinski definition) is 1. The van der Waals surface area contributed by atoms with Gasteiger partial charge in [-0.25, -0.2) is 0 Å². The van der Waals surface area contributed by atoms with Crippen molar-refractivity contribution in [1.29, 1.82) is 0 Å². The topological polar surface area (TPSA) is 84.9 Å². The first-order chi connectivity index (χ1) is 15.0. The maximum atomic E-state index is 13.0. The van der Waals surface area contributed by atoms with Crippen LogP contribution in [-0.2, 0) is 9.59 Å². The molecule has 0 bridgehead atoms. The van der Waals surface area contributed by atoms with Crippen molar-refractivity contribution in [2.24, 2.45) is 0 Å². The Balaban J connectivity index is 1.66. The quantitative estimate of drug-likeness (QED) is 0.624. The average molecular weight is 424 g/mol. The minimum Gasteiger partial charge on any atom is -0.494 e. The zero-order chi connectivity index (χ0) is 22.2. The van der Waals surface area contributed by atoms with E-state index in [1.165, 1.54) is 0 Å². The van der Waals surface area contributed by atoms with Crippen molar-refractivity contribution < 1.29 is 23.9 Å². The molecule has 164 valence electrons. The summed E-state index contributed by atoms with van der Waals surface area (Å²) < 4.78 is 11.2. The van der Waals surface area contributed by atoms with Gasteiger partial charge in [-0.15, -0.1) is 0 Å². The molecule has 7 heteroatoms. The van der Waals surface area contributed by atoms with E-state index in [-0.39, 0.29) is 37.0 Å². The van der Waals surface area contributed by atoms with E-state index in [4.69, 9.17) is 9.47 Å². The number of hydrogen-bond acceptors (Lipinski definition) is 5. The molecule has 2 amide bonds. The summed E-state index contributed by atoms with van der Waals surface area (Å²) in [5, 5.41) is 2.81. The fourth-order valence-corrected chi connectivity index (χ4v) is 3.37. The van der Waals surface area contributed by atoms with E-state index in [9.17, 15) is 14.4 Å². The van der Waals surface area contributed by atoms with E-state index in [0.717, 1.165) is 6.42 Å². The summed E-state index contributed by atoms with van der Waals surface area (Å²) >= 11 is 0. The highest BCUT2D eigenvalue weighted by Gasteiger charge is 2.33. The minimum absolute atomic E-state index is 0.0453. The number of carbonyl (C=O) groups excluding carboxylic acids is 3. The second-order valence-electron chi connectivity index (χ2n) is 7.25. The third-order valence-corrected chi connectivity index (χ3v) is 4.97. The van der Waals surface area contributed by atoms with Crippen LogP contribution in [-0.4, -0.2) is 43.4 Å². The van der Waals surface area contributed by atoms with Crippen molar-refractivity contribution in [1.82, 2.24) is 5.32 Å². The summed E-state index contributed by atoms with van der Waals surface area (Å²) in [4.78, 5) is 39.5. The second kappa shape index (κ2) is 10.6. The van der Waals surface area contributed by atoms with Gasteiger partial charge in [0, 0.05) is 24.9 Å². The molecule has 0 aromatic heterocycles. The Morgan fingerprint density at radius 2 is 1.81 bits per heavy atom. The molecule has 0 spiro atoms. The molecule has 0 aliphatic carbocycles. The van der Waals surface area contributed by atoms with Crippen molar-refractivity contribution in [2.75, 3.05) is 24.6 Å². The lowest BCUT2D eigenvalue weighted by Crippen LogP contribution is -2.50. The molecule has 1 aliphatic heterocycles. The Bertz CT molecular complexity index is 926. The summed E-state index contributed by atoms with van der Waals surface area (Å²) in [5.74, 6) is 0.599. The van der Waals surface area contributed by atoms with E-state index in [0.29, 0.717) is 35.9 Å². The Morgan fingerprint density at radius 1 is 1.06 bits per heavy atom. The Kier molecular flexibility index (Phi) is 7.65. The number of anilines is 1. The highest BCUT2D eigenvalue weighted by Crippen LogP contribution is 2.33. The van der Waals surface area contributed by atoms with Gasteiger partial charge in [-0.1, -0.05) is 19.1 Å². The average Bonchev–Trinajstić information content (AvgIpc) is 2.80. The van der Waals surface area contributed by atoms with Gasteiger partial charge in [0.15, 0.2) is 11.9 Å². The lowest BCUT2D eigenvalue weighted by molar-refractivity contribution is -0.128. The van der Waals surface area contributed by atoms with Crippen LogP contribution in [0.3, 0.4) is 0 Å². The van der Waals surface area contributed by atoms with E-state index in [1.54, 1.807) is 47.4 Å². The maximum absolute atomic E-state index is 13.0. The zero-order valence-corrected chi connectivity index (χ0v) is 17.9. The number of amides is 2. The molecule has 2 aromatic carbocycles. The highest BCUT2D eigenvalue weighted by molar-refractivity contribution is 6.02. The van der Waals surface area contributed by atoms with Crippen LogP contribution in [0.4, 0.5) is 5.69 Å². The van der Waals surface area contributed by atoms with Crippen molar-refractivity contribution >= 4 is 23.3 Å². The van der Waals surface area contributed by atoms with Gasteiger partial charge in [0.2, 0.25) is 5.91 Å². The molecule has 1 aliphatic rings. The Labute approximate surface area is 182 Å². The molecule has 31 heavy (non-hydrogen) atoms. The third-order valence-electron chi connectivity index (χ3n) is 4.97. The summed E-state index contributed by atoms with van der Waals surface area (Å²) in [5.41, 5.74) is 1.15. The number of Topliss-reactive ketones (excluding diaryl/α,β-unsaturated/α-hetero) is 1. The maximum Gasteiger partial charge on any atom is 0.262 e. The number of nitrogens with one attached hydrogen (secondary N) is 1. The third kappa shape index (κ3) is 5.63. The highest BCUT2D eigenvalue weighted by atomic mass is 16.5. The van der Waals surface area contributed by atoms with Crippen molar-refractivity contribution in [3.05, 3.63) is 54.1 Å². The molecule has 0 saturated carbocycles. The van der Waals surface area contributed by atoms with Gasteiger partial charge in [-0.05, 0) is 49.7 Å². The molecule has 0 fully saturated rings. The number of ketones is 1. The first kappa shape index (κ1) is 22.3. The van der Waals surface area contributed by atoms with Crippen molar-refractivity contribution in [3.63, 3.8) is 0 Å². The fraction of sp³-hybridized carbons (Fsp3) is 0.375. The van der Waals surface area contributed by atoms with E-state index in [2.05, 4.69) is 5.32 Å². The second-order valence-corrected chi connectivity index (χ2v) is 7.25. The van der Waals surface area contributed by atoms with Crippen LogP contribution in [0, 0.1) is 0 Å². The Morgan fingerprint density at radius 3 is 2.52 bits per heavy atom. The molecule has 1 heterocycles. The first-order valence-electron chi connectivity index (χ1n) is 10.6. The lowest BCUT2D eigenvalue weighted by Gasteiger charge is -2.34. The molecule has 0 radical (unpaired) electrons. The monoisotopic (exact) mass is 424 g/mol. The van der Waals surface area contributed by atoms with Gasteiger partial charge in [0.1, 0.15) is 11.5 Å². The summed E-state index contributed by atoms with van der Waals surface area (Å²) in [6, 6.07) is 14.0. The normalized spacial score (nSPS) is 14.9. The van der Waals surface area contributed by atoms with Crippen LogP contribution in [0.2, 0.25) is 0 Å². The predicted octanol–water partition coefficient (Wildman–Crippen LogP) is 3.37. The number of nitrogens with zero attached hydrogens (tertiary/aromatic N) is 1. The van der Waals surface area contributed by atoms with Crippen LogP contribution < -0.4 is 19.7 Å². The van der Waals surface area contributed by atoms with Gasteiger partial charge in [-0.3, -0.25) is 14.4 Å². The smallest absolute Gasteiger partial charge is 0.262 e. The van der Waals surface area contributed by atoms with E-state index in [1.807, 2.05) is 19.9 Å². The van der Waals surface area contributed by atoms with E-state index < -0.39 is 6.10 Å². The molecule has 2 aromatic rings. The Hall–Kier alpha value is -3.35. The standard InChI is InChI=1S/C24H28N2O5/c1-3-15-25-24(29)22-16-26(19-7-5-6-8-21(19)31-22)23(28)14-13-20(27)17-9-11-18(12-10-17)30-4-2/h5-12,22H,3-4,13-16H2,1-2H3,(H,25,29)/t22-/m1/s1. The molecule has 7 nitrogen and oxygen atoms in total. The summed E-state index contributed by atoms with van der Waals surface area (Å²) in [6.45, 7) is 5.08. The number of ether oxygens (including phenoxy) is 2. The van der Waals surface area contributed by atoms with Crippen LogP contribution >= 0.6 is 0 Å². The molecule has 1 N–H and O–H groups in total. The molecule has 0 unspecified atom stereocenters. The van der Waals surface area contributed by atoms with Crippen molar-refractivity contribution in [2.45, 2.75) is 39.2 Å². The minimum atomic E-state index is -0.785. The molecule has 0 saturated heterocycles. The molecule has 3 rings (SSSR count). The largest absolute Gasteiger partial charge is 0.494 e. The van der Waals surface area contributed by atoms with Crippen molar-refractivity contribution in [3.8, 4) is 11.5 Å². The fourth-order valence-electron chi connectivity index (χ4n) is 3.37. The van der Waals surface area contributed by atoms with Gasteiger partial charge >= 0.3 is 0 Å². The van der Waals surface area contributed by atoms with Crippen LogP contribution in [0.5, 0.6) is 11.5 Å². The van der Waals surface area contributed by atoms with Gasteiger partial charge in [-0.2, -0.15) is 0 Å². The first-order valence-corrected chi connectivity index (χ1v) is 10.6. The van der Waals surface area contributed by atoms with E-state index >= 15 is 0 Å². The molecular weight excluding hydrogens is 396 g/mol. The summed E-state index contributed by atoms with van der Waals surface area (Å²) in [7, 11) is 0. The van der Waals surface area contributed by atoms with Crippen LogP contribution in [0.15, 0.2) is 48.5 Å². The SMILES string of the molecule is CCCNC(=O)[C@H]1CN(C(=O)CCC(=O)c2ccc(OCC)cc2)c2ccccc2O1. The van der Waals surface area contributed by atoms with Gasteiger partial charge in [0.05, 0.1) is 18.8 Å². The van der Waals surface area contributed by atoms with Crippen LogP contribution in [0.1, 0.15) is 43.5 Å². The lowest BCUT2D eigenvalue weighted by atomic mass is 10.1. The zero-order valence-electron chi connectivity index (χ0n) is 17.9.